The predicted molar refractivity (Wildman–Crippen MR) is 127 cm³/mol. The molecule has 7 nitrogen and oxygen atoms in total. The van der Waals surface area contributed by atoms with Gasteiger partial charge in [0.25, 0.3) is 5.56 Å². The Bertz CT molecular complexity index is 1540. The Hall–Kier alpha value is -3.58. The van der Waals surface area contributed by atoms with Crippen LogP contribution in [0.4, 0.5) is 0 Å². The van der Waals surface area contributed by atoms with Crippen molar-refractivity contribution in [2.45, 2.75) is 20.4 Å². The molecule has 0 saturated heterocycles. The van der Waals surface area contributed by atoms with Crippen molar-refractivity contribution in [2.24, 2.45) is 0 Å². The summed E-state index contributed by atoms with van der Waals surface area (Å²) in [5.74, 6) is 1.11. The number of methoxy groups -OCH3 is 2. The molecule has 5 rings (SSSR count). The van der Waals surface area contributed by atoms with E-state index in [1.165, 1.54) is 7.11 Å². The van der Waals surface area contributed by atoms with Gasteiger partial charge in [-0.3, -0.25) is 19.1 Å². The van der Waals surface area contributed by atoms with Gasteiger partial charge in [0.15, 0.2) is 11.5 Å². The molecular weight excluding hydrogens is 406 g/mol. The topological polar surface area (TPSA) is 76.3 Å². The zero-order valence-corrected chi connectivity index (χ0v) is 18.6. The number of hydrogen-bond acceptors (Lipinski definition) is 6. The van der Waals surface area contributed by atoms with E-state index < -0.39 is 0 Å². The number of hydrogen-bond donors (Lipinski definition) is 1. The third-order valence-electron chi connectivity index (χ3n) is 6.42. The van der Waals surface area contributed by atoms with Crippen LogP contribution in [0.3, 0.4) is 0 Å². The highest BCUT2D eigenvalue weighted by molar-refractivity contribution is 6.20. The third-order valence-corrected chi connectivity index (χ3v) is 6.42. The fraction of sp³-hybridized carbons (Fsp3) is 0.280. The number of aromatic nitrogens is 2. The van der Waals surface area contributed by atoms with Crippen molar-refractivity contribution in [2.75, 3.05) is 27.3 Å². The van der Waals surface area contributed by atoms with Crippen molar-refractivity contribution in [1.29, 1.82) is 0 Å². The number of fused-ring (bicyclic) bond motifs is 5. The number of aromatic hydroxyl groups is 1. The SMILES string of the molecule is CCN(CC)Cc1c(O)ccc2c1c1ccnc3c4ccc(OC)c(OC)c4c(=O)n2c13. The number of nitrogens with zero attached hydrogens (tertiary/aromatic N) is 3. The van der Waals surface area contributed by atoms with E-state index >= 15 is 0 Å². The molecule has 0 atom stereocenters. The molecule has 3 aromatic heterocycles. The quantitative estimate of drug-likeness (QED) is 0.407. The fourth-order valence-electron chi connectivity index (χ4n) is 4.80. The minimum atomic E-state index is -0.198. The average Bonchev–Trinajstić information content (AvgIpc) is 3.16. The zero-order chi connectivity index (χ0) is 22.6. The Morgan fingerprint density at radius 1 is 1.00 bits per heavy atom. The monoisotopic (exact) mass is 431 g/mol. The fourth-order valence-corrected chi connectivity index (χ4v) is 4.80. The Balaban J connectivity index is 2.03. The summed E-state index contributed by atoms with van der Waals surface area (Å²) in [6, 6.07) is 9.03. The first-order chi connectivity index (χ1) is 15.5. The van der Waals surface area contributed by atoms with Crippen LogP contribution in [-0.4, -0.2) is 46.7 Å². The molecule has 0 aliphatic carbocycles. The van der Waals surface area contributed by atoms with Gasteiger partial charge in [-0.15, -0.1) is 0 Å². The minimum Gasteiger partial charge on any atom is -0.508 e. The summed E-state index contributed by atoms with van der Waals surface area (Å²) in [4.78, 5) is 20.8. The van der Waals surface area contributed by atoms with Crippen molar-refractivity contribution in [3.8, 4) is 17.2 Å². The molecule has 2 aromatic carbocycles. The molecule has 0 unspecified atom stereocenters. The summed E-state index contributed by atoms with van der Waals surface area (Å²) in [5, 5.41) is 13.7. The highest BCUT2D eigenvalue weighted by Crippen LogP contribution is 2.41. The Morgan fingerprint density at radius 2 is 1.78 bits per heavy atom. The number of pyridine rings is 2. The lowest BCUT2D eigenvalue weighted by Gasteiger charge is -2.19. The van der Waals surface area contributed by atoms with Gasteiger partial charge in [0.1, 0.15) is 5.75 Å². The van der Waals surface area contributed by atoms with Gasteiger partial charge in [-0.05, 0) is 43.4 Å². The third kappa shape index (κ3) is 2.64. The van der Waals surface area contributed by atoms with E-state index in [-0.39, 0.29) is 11.3 Å². The lowest BCUT2D eigenvalue weighted by atomic mass is 10.0. The standard InChI is InChI=1S/C25H25N3O4/c1-5-27(6-2)13-16-18(29)9-8-17-20(16)15-11-12-26-22-14-7-10-19(31-3)24(32-4)21(14)25(30)28(17)23(15)22/h7-12,29H,5-6,13H2,1-4H3. The Morgan fingerprint density at radius 3 is 2.47 bits per heavy atom. The van der Waals surface area contributed by atoms with E-state index in [2.05, 4.69) is 23.7 Å². The summed E-state index contributed by atoms with van der Waals surface area (Å²) < 4.78 is 12.7. The molecule has 1 N–H and O–H groups in total. The summed E-state index contributed by atoms with van der Waals surface area (Å²) in [6.45, 7) is 6.50. The van der Waals surface area contributed by atoms with Crippen LogP contribution in [0.15, 0.2) is 41.3 Å². The Kier molecular flexibility index (Phi) is 4.78. The van der Waals surface area contributed by atoms with Gasteiger partial charge in [0.05, 0.1) is 36.2 Å². The molecular formula is C25H25N3O4. The van der Waals surface area contributed by atoms with Crippen molar-refractivity contribution in [1.82, 2.24) is 14.3 Å². The van der Waals surface area contributed by atoms with Gasteiger partial charge in [-0.1, -0.05) is 13.8 Å². The van der Waals surface area contributed by atoms with Gasteiger partial charge in [0, 0.05) is 34.5 Å². The van der Waals surface area contributed by atoms with Crippen molar-refractivity contribution >= 4 is 38.1 Å². The molecule has 7 heteroatoms. The van der Waals surface area contributed by atoms with Crippen molar-refractivity contribution in [3.05, 3.63) is 52.4 Å². The maximum atomic E-state index is 13.9. The van der Waals surface area contributed by atoms with Gasteiger partial charge in [-0.2, -0.15) is 0 Å². The molecule has 0 bridgehead atoms. The molecule has 0 radical (unpaired) electrons. The van der Waals surface area contributed by atoms with E-state index in [4.69, 9.17) is 9.47 Å². The smallest absolute Gasteiger partial charge is 0.267 e. The molecule has 3 heterocycles. The van der Waals surface area contributed by atoms with Crippen LogP contribution >= 0.6 is 0 Å². The molecule has 0 saturated carbocycles. The first-order valence-electron chi connectivity index (χ1n) is 10.7. The highest BCUT2D eigenvalue weighted by atomic mass is 16.5. The zero-order valence-electron chi connectivity index (χ0n) is 18.6. The first-order valence-corrected chi connectivity index (χ1v) is 10.7. The lowest BCUT2D eigenvalue weighted by molar-refractivity contribution is 0.292. The number of ether oxygens (including phenoxy) is 2. The molecule has 5 aromatic rings. The van der Waals surface area contributed by atoms with E-state index in [9.17, 15) is 9.90 Å². The Labute approximate surface area is 184 Å². The summed E-state index contributed by atoms with van der Waals surface area (Å²) in [7, 11) is 3.08. The lowest BCUT2D eigenvalue weighted by Crippen LogP contribution is -2.22. The average molecular weight is 431 g/mol. The summed E-state index contributed by atoms with van der Waals surface area (Å²) >= 11 is 0. The van der Waals surface area contributed by atoms with Crippen LogP contribution in [0.5, 0.6) is 17.2 Å². The van der Waals surface area contributed by atoms with Crippen LogP contribution in [-0.2, 0) is 6.54 Å². The molecule has 0 aliphatic rings. The molecule has 32 heavy (non-hydrogen) atoms. The first kappa shape index (κ1) is 20.3. The van der Waals surface area contributed by atoms with Gasteiger partial charge >= 0.3 is 0 Å². The van der Waals surface area contributed by atoms with E-state index in [0.717, 1.165) is 40.5 Å². The van der Waals surface area contributed by atoms with E-state index in [1.807, 2.05) is 12.1 Å². The second kappa shape index (κ2) is 7.53. The molecule has 0 fully saturated rings. The van der Waals surface area contributed by atoms with Crippen LogP contribution < -0.4 is 15.0 Å². The molecule has 0 spiro atoms. The van der Waals surface area contributed by atoms with Crippen LogP contribution in [0.1, 0.15) is 19.4 Å². The number of benzene rings is 2. The predicted octanol–water partition coefficient (Wildman–Crippen LogP) is 4.16. The maximum absolute atomic E-state index is 13.9. The number of phenols is 1. The number of phenolic OH excluding ortho intramolecular Hbond substituents is 1. The van der Waals surface area contributed by atoms with Gasteiger partial charge in [-0.25, -0.2) is 0 Å². The van der Waals surface area contributed by atoms with Gasteiger partial charge in [0.2, 0.25) is 0 Å². The summed E-state index contributed by atoms with van der Waals surface area (Å²) in [6.07, 6.45) is 1.75. The molecule has 164 valence electrons. The molecule has 0 amide bonds. The number of rotatable bonds is 6. The highest BCUT2D eigenvalue weighted by Gasteiger charge is 2.24. The van der Waals surface area contributed by atoms with Crippen LogP contribution in [0.25, 0.3) is 38.1 Å². The second-order valence-corrected chi connectivity index (χ2v) is 7.84. The summed E-state index contributed by atoms with van der Waals surface area (Å²) in [5.41, 5.74) is 2.82. The minimum absolute atomic E-state index is 0.198. The van der Waals surface area contributed by atoms with Crippen LogP contribution in [0.2, 0.25) is 0 Å². The van der Waals surface area contributed by atoms with E-state index in [0.29, 0.717) is 34.3 Å². The maximum Gasteiger partial charge on any atom is 0.267 e. The largest absolute Gasteiger partial charge is 0.508 e. The second-order valence-electron chi connectivity index (χ2n) is 7.84. The van der Waals surface area contributed by atoms with Gasteiger partial charge < -0.3 is 14.6 Å². The van der Waals surface area contributed by atoms with Crippen molar-refractivity contribution < 1.29 is 14.6 Å². The van der Waals surface area contributed by atoms with Crippen molar-refractivity contribution in [3.63, 3.8) is 0 Å². The molecule has 0 aliphatic heterocycles. The normalized spacial score (nSPS) is 12.0. The van der Waals surface area contributed by atoms with E-state index in [1.54, 1.807) is 35.9 Å². The van der Waals surface area contributed by atoms with Crippen LogP contribution in [0, 0.1) is 0 Å².